The molecule has 1 heterocycles. The van der Waals surface area contributed by atoms with E-state index in [0.717, 1.165) is 31.5 Å². The number of nitrogens with one attached hydrogen (secondary N) is 2. The monoisotopic (exact) mass is 263 g/mol. The molecule has 2 aliphatic rings. The van der Waals surface area contributed by atoms with Gasteiger partial charge in [0.2, 0.25) is 11.7 Å². The summed E-state index contributed by atoms with van der Waals surface area (Å²) in [5.41, 5.74) is 0. The average Bonchev–Trinajstić information content (AvgIpc) is 3.30. The summed E-state index contributed by atoms with van der Waals surface area (Å²) < 4.78 is 0. The van der Waals surface area contributed by atoms with Gasteiger partial charge in [-0.3, -0.25) is 14.7 Å². The van der Waals surface area contributed by atoms with E-state index in [1.807, 2.05) is 0 Å². The summed E-state index contributed by atoms with van der Waals surface area (Å²) in [4.78, 5) is 29.2. The number of aromatic amines is 1. The maximum absolute atomic E-state index is 12.0. The van der Waals surface area contributed by atoms with Gasteiger partial charge in [-0.15, -0.1) is 5.10 Å². The molecule has 0 saturated heterocycles. The third kappa shape index (κ3) is 2.91. The SMILES string of the molecule is CN(CC(=O)NC1CC1)C(=O)c1n[nH]c(C2CC2)n1. The molecule has 2 aliphatic carbocycles. The highest BCUT2D eigenvalue weighted by atomic mass is 16.2. The average molecular weight is 263 g/mol. The summed E-state index contributed by atoms with van der Waals surface area (Å²) in [6, 6.07) is 0.306. The molecule has 1 aromatic heterocycles. The zero-order chi connectivity index (χ0) is 13.4. The minimum absolute atomic E-state index is 0.0443. The smallest absolute Gasteiger partial charge is 0.293 e. The predicted molar refractivity (Wildman–Crippen MR) is 66.5 cm³/mol. The Morgan fingerprint density at radius 2 is 2.11 bits per heavy atom. The fourth-order valence-electron chi connectivity index (χ4n) is 1.87. The lowest BCUT2D eigenvalue weighted by molar-refractivity contribution is -0.121. The second-order valence-electron chi connectivity index (χ2n) is 5.32. The van der Waals surface area contributed by atoms with Crippen molar-refractivity contribution in [3.05, 3.63) is 11.6 Å². The van der Waals surface area contributed by atoms with E-state index in [0.29, 0.717) is 12.0 Å². The highest BCUT2D eigenvalue weighted by molar-refractivity contribution is 5.93. The van der Waals surface area contributed by atoms with Crippen LogP contribution in [-0.2, 0) is 4.79 Å². The van der Waals surface area contributed by atoms with Gasteiger partial charge in [0.25, 0.3) is 5.91 Å². The second kappa shape index (κ2) is 4.64. The van der Waals surface area contributed by atoms with Crippen LogP contribution in [0, 0.1) is 0 Å². The first-order valence-corrected chi connectivity index (χ1v) is 6.60. The van der Waals surface area contributed by atoms with Crippen molar-refractivity contribution in [2.24, 2.45) is 0 Å². The van der Waals surface area contributed by atoms with Crippen molar-refractivity contribution in [3.63, 3.8) is 0 Å². The van der Waals surface area contributed by atoms with E-state index in [1.165, 1.54) is 4.90 Å². The molecule has 0 radical (unpaired) electrons. The summed E-state index contributed by atoms with van der Waals surface area (Å²) in [6.45, 7) is 0.0443. The zero-order valence-electron chi connectivity index (χ0n) is 10.8. The molecule has 7 heteroatoms. The van der Waals surface area contributed by atoms with Crippen LogP contribution in [0.15, 0.2) is 0 Å². The molecule has 0 aliphatic heterocycles. The van der Waals surface area contributed by atoms with Crippen molar-refractivity contribution >= 4 is 11.8 Å². The van der Waals surface area contributed by atoms with Gasteiger partial charge in [0.1, 0.15) is 5.82 Å². The van der Waals surface area contributed by atoms with Crippen LogP contribution in [0.5, 0.6) is 0 Å². The molecule has 3 rings (SSSR count). The van der Waals surface area contributed by atoms with E-state index in [2.05, 4.69) is 20.5 Å². The highest BCUT2D eigenvalue weighted by Crippen LogP contribution is 2.37. The van der Waals surface area contributed by atoms with Crippen LogP contribution in [0.2, 0.25) is 0 Å². The number of nitrogens with zero attached hydrogens (tertiary/aromatic N) is 3. The second-order valence-corrected chi connectivity index (χ2v) is 5.32. The Hall–Kier alpha value is -1.92. The third-order valence-electron chi connectivity index (χ3n) is 3.33. The van der Waals surface area contributed by atoms with Crippen LogP contribution in [0.4, 0.5) is 0 Å². The van der Waals surface area contributed by atoms with Crippen molar-refractivity contribution in [1.29, 1.82) is 0 Å². The quantitative estimate of drug-likeness (QED) is 0.784. The van der Waals surface area contributed by atoms with Gasteiger partial charge in [0.05, 0.1) is 6.54 Å². The molecule has 2 amide bonds. The summed E-state index contributed by atoms with van der Waals surface area (Å²) in [5.74, 6) is 0.894. The fourth-order valence-corrected chi connectivity index (χ4v) is 1.87. The molecule has 1 aromatic rings. The maximum atomic E-state index is 12.0. The predicted octanol–water partition coefficient (Wildman–Crippen LogP) is 0.0327. The zero-order valence-corrected chi connectivity index (χ0v) is 10.8. The molecular formula is C12H17N5O2. The molecule has 0 bridgehead atoms. The van der Waals surface area contributed by atoms with Crippen molar-refractivity contribution in [1.82, 2.24) is 25.4 Å². The van der Waals surface area contributed by atoms with Crippen molar-refractivity contribution in [3.8, 4) is 0 Å². The van der Waals surface area contributed by atoms with Crippen molar-refractivity contribution < 1.29 is 9.59 Å². The van der Waals surface area contributed by atoms with Crippen molar-refractivity contribution in [2.75, 3.05) is 13.6 Å². The number of likely N-dealkylation sites (N-methyl/N-ethyl adjacent to an activating group) is 1. The van der Waals surface area contributed by atoms with Crippen LogP contribution >= 0.6 is 0 Å². The van der Waals surface area contributed by atoms with Gasteiger partial charge in [0, 0.05) is 19.0 Å². The van der Waals surface area contributed by atoms with Gasteiger partial charge in [-0.25, -0.2) is 4.98 Å². The summed E-state index contributed by atoms with van der Waals surface area (Å²) in [5, 5.41) is 9.55. The summed E-state index contributed by atoms with van der Waals surface area (Å²) in [7, 11) is 1.59. The van der Waals surface area contributed by atoms with E-state index < -0.39 is 0 Å². The molecule has 2 N–H and O–H groups in total. The number of H-pyrrole nitrogens is 1. The standard InChI is InChI=1S/C12H17N5O2/c1-17(6-9(18)13-8-4-5-8)12(19)11-14-10(15-16-11)7-2-3-7/h7-8H,2-6H2,1H3,(H,13,18)(H,14,15,16). The molecule has 0 aromatic carbocycles. The molecule has 19 heavy (non-hydrogen) atoms. The van der Waals surface area contributed by atoms with Crippen molar-refractivity contribution in [2.45, 2.75) is 37.6 Å². The Morgan fingerprint density at radius 1 is 1.37 bits per heavy atom. The third-order valence-corrected chi connectivity index (χ3v) is 3.33. The number of carbonyl (C=O) groups excluding carboxylic acids is 2. The van der Waals surface area contributed by atoms with Crippen LogP contribution in [0.3, 0.4) is 0 Å². The molecule has 0 spiro atoms. The fraction of sp³-hybridized carbons (Fsp3) is 0.667. The molecule has 102 valence electrons. The number of hydrogen-bond acceptors (Lipinski definition) is 4. The largest absolute Gasteiger partial charge is 0.352 e. The number of carbonyl (C=O) groups is 2. The number of amides is 2. The number of aromatic nitrogens is 3. The lowest BCUT2D eigenvalue weighted by Crippen LogP contribution is -2.39. The van der Waals surface area contributed by atoms with Crippen LogP contribution in [-0.4, -0.2) is 51.5 Å². The van der Waals surface area contributed by atoms with Gasteiger partial charge in [-0.2, -0.15) is 0 Å². The van der Waals surface area contributed by atoms with Gasteiger partial charge in [0.15, 0.2) is 0 Å². The van der Waals surface area contributed by atoms with Crippen LogP contribution in [0.25, 0.3) is 0 Å². The Morgan fingerprint density at radius 3 is 2.74 bits per heavy atom. The lowest BCUT2D eigenvalue weighted by atomic mass is 10.4. The van der Waals surface area contributed by atoms with Gasteiger partial charge in [-0.1, -0.05) is 0 Å². The molecule has 0 unspecified atom stereocenters. The van der Waals surface area contributed by atoms with Crippen LogP contribution in [0.1, 0.15) is 48.0 Å². The summed E-state index contributed by atoms with van der Waals surface area (Å²) >= 11 is 0. The number of hydrogen-bond donors (Lipinski definition) is 2. The minimum atomic E-state index is -0.325. The first kappa shape index (κ1) is 12.1. The van der Waals surface area contributed by atoms with Gasteiger partial charge < -0.3 is 10.2 Å². The molecule has 0 atom stereocenters. The minimum Gasteiger partial charge on any atom is -0.352 e. The van der Waals surface area contributed by atoms with Crippen LogP contribution < -0.4 is 5.32 Å². The molecule has 2 fully saturated rings. The van der Waals surface area contributed by atoms with Gasteiger partial charge in [-0.05, 0) is 25.7 Å². The Labute approximate surface area is 110 Å². The van der Waals surface area contributed by atoms with E-state index in [9.17, 15) is 9.59 Å². The van der Waals surface area contributed by atoms with E-state index in [4.69, 9.17) is 0 Å². The topological polar surface area (TPSA) is 91.0 Å². The normalized spacial score (nSPS) is 18.2. The van der Waals surface area contributed by atoms with E-state index >= 15 is 0 Å². The maximum Gasteiger partial charge on any atom is 0.293 e. The lowest BCUT2D eigenvalue weighted by Gasteiger charge is -2.14. The van der Waals surface area contributed by atoms with E-state index in [1.54, 1.807) is 7.05 Å². The first-order chi connectivity index (χ1) is 9.13. The molecule has 2 saturated carbocycles. The first-order valence-electron chi connectivity index (χ1n) is 6.60. The highest BCUT2D eigenvalue weighted by Gasteiger charge is 2.29. The molecular weight excluding hydrogens is 246 g/mol. The summed E-state index contributed by atoms with van der Waals surface area (Å²) in [6.07, 6.45) is 4.27. The Balaban J connectivity index is 1.56. The Kier molecular flexibility index (Phi) is 2.96. The van der Waals surface area contributed by atoms with E-state index in [-0.39, 0.29) is 24.2 Å². The Bertz CT molecular complexity index is 504. The number of rotatable bonds is 5. The van der Waals surface area contributed by atoms with Gasteiger partial charge >= 0.3 is 0 Å². The molecule has 7 nitrogen and oxygen atoms in total.